The molecule has 6 nitrogen and oxygen atoms in total. The van der Waals surface area contributed by atoms with Crippen LogP contribution in [0.3, 0.4) is 0 Å². The third-order valence-corrected chi connectivity index (χ3v) is 4.41. The van der Waals surface area contributed by atoms with Crippen molar-refractivity contribution < 1.29 is 14.0 Å². The van der Waals surface area contributed by atoms with Crippen LogP contribution in [-0.2, 0) is 9.59 Å². The average Bonchev–Trinajstić information content (AvgIpc) is 2.65. The molecule has 0 bridgehead atoms. The Balaban J connectivity index is 1.58. The normalized spacial score (nSPS) is 14.2. The number of amides is 2. The Morgan fingerprint density at radius 1 is 1.04 bits per heavy atom. The Labute approximate surface area is 151 Å². The minimum absolute atomic E-state index is 0.283. The SMILES string of the molecule is Cc1ccc(N)c(NC(=O)C(=O)N2CCN(c3ccc(F)cc3)CC2)c1. The van der Waals surface area contributed by atoms with Crippen LogP contribution in [-0.4, -0.2) is 42.9 Å². The van der Waals surface area contributed by atoms with Crippen LogP contribution in [0.15, 0.2) is 42.5 Å². The molecule has 0 spiro atoms. The maximum Gasteiger partial charge on any atom is 0.313 e. The summed E-state index contributed by atoms with van der Waals surface area (Å²) >= 11 is 0. The lowest BCUT2D eigenvalue weighted by Crippen LogP contribution is -2.51. The third-order valence-electron chi connectivity index (χ3n) is 4.41. The summed E-state index contributed by atoms with van der Waals surface area (Å²) < 4.78 is 13.0. The summed E-state index contributed by atoms with van der Waals surface area (Å²) in [5.74, 6) is -1.56. The van der Waals surface area contributed by atoms with Gasteiger partial charge in [0, 0.05) is 31.9 Å². The molecule has 2 amide bonds. The molecule has 1 aliphatic rings. The number of carbonyl (C=O) groups is 2. The van der Waals surface area contributed by atoms with E-state index in [0.29, 0.717) is 37.6 Å². The zero-order chi connectivity index (χ0) is 18.7. The van der Waals surface area contributed by atoms with Crippen LogP contribution >= 0.6 is 0 Å². The number of anilines is 3. The number of carbonyl (C=O) groups excluding carboxylic acids is 2. The number of benzene rings is 2. The van der Waals surface area contributed by atoms with Crippen molar-refractivity contribution in [3.05, 3.63) is 53.8 Å². The van der Waals surface area contributed by atoms with Gasteiger partial charge in [0.15, 0.2) is 0 Å². The van der Waals surface area contributed by atoms with E-state index in [2.05, 4.69) is 10.2 Å². The van der Waals surface area contributed by atoms with Gasteiger partial charge in [-0.25, -0.2) is 4.39 Å². The average molecular weight is 356 g/mol. The molecule has 26 heavy (non-hydrogen) atoms. The summed E-state index contributed by atoms with van der Waals surface area (Å²) in [6.07, 6.45) is 0. The highest BCUT2D eigenvalue weighted by molar-refractivity contribution is 6.39. The molecule has 0 atom stereocenters. The van der Waals surface area contributed by atoms with Gasteiger partial charge in [0.1, 0.15) is 5.82 Å². The number of nitrogens with one attached hydrogen (secondary N) is 1. The molecule has 2 aromatic carbocycles. The fraction of sp³-hybridized carbons (Fsp3) is 0.263. The number of rotatable bonds is 2. The fourth-order valence-corrected chi connectivity index (χ4v) is 2.92. The van der Waals surface area contributed by atoms with E-state index in [1.54, 1.807) is 24.3 Å². The van der Waals surface area contributed by atoms with Crippen molar-refractivity contribution in [3.8, 4) is 0 Å². The number of aryl methyl sites for hydroxylation is 1. The number of nitrogens with zero attached hydrogens (tertiary/aromatic N) is 2. The summed E-state index contributed by atoms with van der Waals surface area (Å²) in [5.41, 5.74) is 8.53. The number of halogens is 1. The number of nitrogens with two attached hydrogens (primary N) is 1. The molecule has 0 aliphatic carbocycles. The number of nitrogen functional groups attached to an aromatic ring is 1. The highest BCUT2D eigenvalue weighted by atomic mass is 19.1. The minimum atomic E-state index is -0.697. The van der Waals surface area contributed by atoms with E-state index in [-0.39, 0.29) is 5.82 Å². The molecule has 3 rings (SSSR count). The van der Waals surface area contributed by atoms with Crippen LogP contribution < -0.4 is 16.0 Å². The third kappa shape index (κ3) is 3.93. The lowest BCUT2D eigenvalue weighted by Gasteiger charge is -2.35. The van der Waals surface area contributed by atoms with Crippen LogP contribution in [0, 0.1) is 12.7 Å². The van der Waals surface area contributed by atoms with Gasteiger partial charge in [-0.15, -0.1) is 0 Å². The van der Waals surface area contributed by atoms with Gasteiger partial charge in [-0.3, -0.25) is 9.59 Å². The first-order valence-corrected chi connectivity index (χ1v) is 8.41. The summed E-state index contributed by atoms with van der Waals surface area (Å²) in [7, 11) is 0. The van der Waals surface area contributed by atoms with E-state index in [1.807, 2.05) is 13.0 Å². The second-order valence-corrected chi connectivity index (χ2v) is 6.30. The molecule has 136 valence electrons. The number of hydrogen-bond acceptors (Lipinski definition) is 4. The standard InChI is InChI=1S/C19H21FN4O2/c1-13-2-7-16(21)17(12-13)22-18(25)19(26)24-10-8-23(9-11-24)15-5-3-14(20)4-6-15/h2-7,12H,8-11,21H2,1H3,(H,22,25). The maximum absolute atomic E-state index is 13.0. The van der Waals surface area contributed by atoms with Crippen LogP contribution in [0.5, 0.6) is 0 Å². The second-order valence-electron chi connectivity index (χ2n) is 6.30. The number of piperazine rings is 1. The van der Waals surface area contributed by atoms with E-state index < -0.39 is 11.8 Å². The fourth-order valence-electron chi connectivity index (χ4n) is 2.92. The van der Waals surface area contributed by atoms with E-state index in [9.17, 15) is 14.0 Å². The Morgan fingerprint density at radius 3 is 2.35 bits per heavy atom. The summed E-state index contributed by atoms with van der Waals surface area (Å²) in [4.78, 5) is 28.2. The molecule has 1 aliphatic heterocycles. The van der Waals surface area contributed by atoms with Crippen molar-refractivity contribution >= 4 is 28.9 Å². The first-order chi connectivity index (χ1) is 12.4. The largest absolute Gasteiger partial charge is 0.397 e. The van der Waals surface area contributed by atoms with Crippen molar-refractivity contribution in [1.29, 1.82) is 0 Å². The highest BCUT2D eigenvalue weighted by Gasteiger charge is 2.26. The molecule has 0 radical (unpaired) electrons. The van der Waals surface area contributed by atoms with Gasteiger partial charge < -0.3 is 20.9 Å². The van der Waals surface area contributed by atoms with E-state index >= 15 is 0 Å². The molecule has 1 heterocycles. The zero-order valence-electron chi connectivity index (χ0n) is 14.5. The topological polar surface area (TPSA) is 78.7 Å². The van der Waals surface area contributed by atoms with E-state index in [4.69, 9.17) is 5.73 Å². The lowest BCUT2D eigenvalue weighted by atomic mass is 10.2. The molecular weight excluding hydrogens is 335 g/mol. The van der Waals surface area contributed by atoms with Crippen molar-refractivity contribution in [3.63, 3.8) is 0 Å². The maximum atomic E-state index is 13.0. The molecule has 0 saturated carbocycles. The minimum Gasteiger partial charge on any atom is -0.397 e. The molecule has 1 fully saturated rings. The van der Waals surface area contributed by atoms with Crippen molar-refractivity contribution in [2.24, 2.45) is 0 Å². The molecule has 3 N–H and O–H groups in total. The van der Waals surface area contributed by atoms with Gasteiger partial charge in [-0.1, -0.05) is 6.07 Å². The first-order valence-electron chi connectivity index (χ1n) is 8.41. The molecular formula is C19H21FN4O2. The summed E-state index contributed by atoms with van der Waals surface area (Å²) in [5, 5.41) is 2.59. The van der Waals surface area contributed by atoms with Crippen LogP contribution in [0.2, 0.25) is 0 Å². The van der Waals surface area contributed by atoms with Crippen molar-refractivity contribution in [2.75, 3.05) is 42.1 Å². The Hall–Kier alpha value is -3.09. The smallest absolute Gasteiger partial charge is 0.313 e. The van der Waals surface area contributed by atoms with Crippen LogP contribution in [0.1, 0.15) is 5.56 Å². The summed E-state index contributed by atoms with van der Waals surface area (Å²) in [6, 6.07) is 11.5. The molecule has 0 unspecified atom stereocenters. The second kappa shape index (κ2) is 7.43. The first kappa shape index (κ1) is 17.7. The van der Waals surface area contributed by atoms with Crippen molar-refractivity contribution in [2.45, 2.75) is 6.92 Å². The molecule has 2 aromatic rings. The van der Waals surface area contributed by atoms with E-state index in [1.165, 1.54) is 17.0 Å². The molecule has 1 saturated heterocycles. The Bertz CT molecular complexity index is 815. The monoisotopic (exact) mass is 356 g/mol. The number of hydrogen-bond donors (Lipinski definition) is 2. The van der Waals surface area contributed by atoms with Gasteiger partial charge >= 0.3 is 11.8 Å². The predicted octanol–water partition coefficient (Wildman–Crippen LogP) is 2.00. The van der Waals surface area contributed by atoms with E-state index in [0.717, 1.165) is 11.3 Å². The van der Waals surface area contributed by atoms with Gasteiger partial charge in [0.25, 0.3) is 0 Å². The van der Waals surface area contributed by atoms with Crippen LogP contribution in [0.4, 0.5) is 21.5 Å². The van der Waals surface area contributed by atoms with Gasteiger partial charge in [-0.2, -0.15) is 0 Å². The quantitative estimate of drug-likeness (QED) is 0.637. The van der Waals surface area contributed by atoms with Gasteiger partial charge in [0.05, 0.1) is 11.4 Å². The Kier molecular flexibility index (Phi) is 5.06. The predicted molar refractivity (Wildman–Crippen MR) is 99.4 cm³/mol. The highest BCUT2D eigenvalue weighted by Crippen LogP contribution is 2.20. The summed E-state index contributed by atoms with van der Waals surface area (Å²) in [6.45, 7) is 3.89. The van der Waals surface area contributed by atoms with Gasteiger partial charge in [-0.05, 0) is 48.9 Å². The Morgan fingerprint density at radius 2 is 1.69 bits per heavy atom. The van der Waals surface area contributed by atoms with Gasteiger partial charge in [0.2, 0.25) is 0 Å². The lowest BCUT2D eigenvalue weighted by molar-refractivity contribution is -0.143. The molecule has 0 aromatic heterocycles. The van der Waals surface area contributed by atoms with Crippen LogP contribution in [0.25, 0.3) is 0 Å². The zero-order valence-corrected chi connectivity index (χ0v) is 14.5. The van der Waals surface area contributed by atoms with Crippen molar-refractivity contribution in [1.82, 2.24) is 4.90 Å². The molecule has 7 heteroatoms.